The van der Waals surface area contributed by atoms with Crippen LogP contribution in [0.25, 0.3) is 0 Å². The van der Waals surface area contributed by atoms with E-state index in [1.165, 1.54) is 4.80 Å². The van der Waals surface area contributed by atoms with E-state index in [1.807, 2.05) is 36.4 Å². The summed E-state index contributed by atoms with van der Waals surface area (Å²) < 4.78 is 5.22. The number of aliphatic hydroxyl groups excluding tert-OH is 1. The number of carbonyl (C=O) groups is 1. The van der Waals surface area contributed by atoms with Gasteiger partial charge in [-0.3, -0.25) is 4.79 Å². The summed E-state index contributed by atoms with van der Waals surface area (Å²) in [6.45, 7) is 0.545. The van der Waals surface area contributed by atoms with Gasteiger partial charge < -0.3 is 9.84 Å². The van der Waals surface area contributed by atoms with Crippen LogP contribution in [-0.2, 0) is 24.2 Å². The first-order chi connectivity index (χ1) is 14.6. The Kier molecular flexibility index (Phi) is 7.93. The summed E-state index contributed by atoms with van der Waals surface area (Å²) in [6.07, 6.45) is 1.80. The van der Waals surface area contributed by atoms with Crippen LogP contribution in [0.15, 0.2) is 48.5 Å². The van der Waals surface area contributed by atoms with Gasteiger partial charge in [0.1, 0.15) is 11.5 Å². The molecule has 0 aliphatic heterocycles. The molecule has 0 aliphatic rings. The lowest BCUT2D eigenvalue weighted by Crippen LogP contribution is -2.14. The number of aryl methyl sites for hydroxylation is 1. The number of aromatic nitrogens is 4. The van der Waals surface area contributed by atoms with Crippen molar-refractivity contribution < 1.29 is 14.6 Å². The first-order valence-electron chi connectivity index (χ1n) is 9.85. The zero-order valence-corrected chi connectivity index (χ0v) is 17.6. The Hall–Kier alpha value is -2.77. The van der Waals surface area contributed by atoms with Crippen LogP contribution in [-0.4, -0.2) is 44.8 Å². The van der Waals surface area contributed by atoms with E-state index in [2.05, 4.69) is 15.4 Å². The highest BCUT2D eigenvalue weighted by atomic mass is 35.5. The minimum absolute atomic E-state index is 0.0612. The van der Waals surface area contributed by atoms with Crippen molar-refractivity contribution >= 4 is 17.4 Å². The van der Waals surface area contributed by atoms with Crippen molar-refractivity contribution in [2.75, 3.05) is 13.7 Å². The molecule has 2 aromatic carbocycles. The fraction of sp³-hybridized carbons (Fsp3) is 0.364. The standard InChI is InChI=1S/C22H25ClN4O3/c1-30-21-9-5-16(6-10-21)13-18(22-24-26-27(25-22)11-2-12-28)15-20(29)14-17-3-7-19(23)8-4-17/h3-10,18,28H,2,11-15H2,1H3/t18-/m1/s1. The second-order valence-electron chi connectivity index (χ2n) is 7.12. The molecule has 0 aliphatic carbocycles. The smallest absolute Gasteiger partial charge is 0.178 e. The van der Waals surface area contributed by atoms with Crippen molar-refractivity contribution in [1.29, 1.82) is 0 Å². The molecule has 0 saturated heterocycles. The zero-order valence-electron chi connectivity index (χ0n) is 16.9. The van der Waals surface area contributed by atoms with Crippen LogP contribution in [0, 0.1) is 0 Å². The number of Topliss-reactive ketones (excluding diaryl/α,β-unsaturated/α-hetero) is 1. The number of carbonyl (C=O) groups excluding carboxylic acids is 1. The molecule has 158 valence electrons. The lowest BCUT2D eigenvalue weighted by Gasteiger charge is -2.13. The summed E-state index contributed by atoms with van der Waals surface area (Å²) in [5.74, 6) is 1.22. The van der Waals surface area contributed by atoms with Crippen molar-refractivity contribution in [3.63, 3.8) is 0 Å². The first kappa shape index (κ1) is 21.9. The van der Waals surface area contributed by atoms with Gasteiger partial charge in [0.25, 0.3) is 0 Å². The number of benzene rings is 2. The van der Waals surface area contributed by atoms with Gasteiger partial charge in [0.2, 0.25) is 0 Å². The largest absolute Gasteiger partial charge is 0.497 e. The highest BCUT2D eigenvalue weighted by molar-refractivity contribution is 6.30. The predicted octanol–water partition coefficient (Wildman–Crippen LogP) is 3.25. The van der Waals surface area contributed by atoms with Crippen molar-refractivity contribution in [2.24, 2.45) is 0 Å². The Bertz CT molecular complexity index is 942. The van der Waals surface area contributed by atoms with E-state index in [0.717, 1.165) is 16.9 Å². The molecular formula is C22H25ClN4O3. The van der Waals surface area contributed by atoms with Gasteiger partial charge in [0, 0.05) is 30.4 Å². The Morgan fingerprint density at radius 3 is 2.50 bits per heavy atom. The van der Waals surface area contributed by atoms with Gasteiger partial charge in [-0.15, -0.1) is 10.2 Å². The molecule has 30 heavy (non-hydrogen) atoms. The van der Waals surface area contributed by atoms with E-state index in [0.29, 0.717) is 43.1 Å². The molecule has 1 N–H and O–H groups in total. The highest BCUT2D eigenvalue weighted by Crippen LogP contribution is 2.24. The summed E-state index contributed by atoms with van der Waals surface area (Å²) in [6, 6.07) is 15.0. The Morgan fingerprint density at radius 2 is 1.83 bits per heavy atom. The van der Waals surface area contributed by atoms with Crippen LogP contribution >= 0.6 is 11.6 Å². The molecule has 0 saturated carbocycles. The normalized spacial score (nSPS) is 12.0. The van der Waals surface area contributed by atoms with Gasteiger partial charge in [-0.1, -0.05) is 35.9 Å². The molecule has 3 rings (SSSR count). The lowest BCUT2D eigenvalue weighted by molar-refractivity contribution is -0.118. The number of halogens is 1. The molecule has 8 heteroatoms. The maximum Gasteiger partial charge on any atom is 0.178 e. The molecule has 1 heterocycles. The summed E-state index contributed by atoms with van der Waals surface area (Å²) in [7, 11) is 1.63. The lowest BCUT2D eigenvalue weighted by atomic mass is 9.91. The molecule has 0 fully saturated rings. The molecule has 3 aromatic rings. The second kappa shape index (κ2) is 10.8. The van der Waals surface area contributed by atoms with Crippen LogP contribution in [0.5, 0.6) is 5.75 Å². The van der Waals surface area contributed by atoms with Gasteiger partial charge in [0.05, 0.1) is 13.7 Å². The number of aliphatic hydroxyl groups is 1. The molecule has 1 atom stereocenters. The van der Waals surface area contributed by atoms with E-state index >= 15 is 0 Å². The third-order valence-corrected chi connectivity index (χ3v) is 5.03. The van der Waals surface area contributed by atoms with Gasteiger partial charge in [-0.25, -0.2) is 0 Å². The highest BCUT2D eigenvalue weighted by Gasteiger charge is 2.22. The van der Waals surface area contributed by atoms with Crippen LogP contribution in [0.2, 0.25) is 5.02 Å². The van der Waals surface area contributed by atoms with Crippen LogP contribution in [0.4, 0.5) is 0 Å². The van der Waals surface area contributed by atoms with Gasteiger partial charge in [-0.05, 0) is 53.4 Å². The topological polar surface area (TPSA) is 90.1 Å². The summed E-state index contributed by atoms with van der Waals surface area (Å²) in [4.78, 5) is 14.3. The van der Waals surface area contributed by atoms with Gasteiger partial charge in [-0.2, -0.15) is 4.80 Å². The van der Waals surface area contributed by atoms with E-state index in [9.17, 15) is 4.79 Å². The molecule has 7 nitrogen and oxygen atoms in total. The third-order valence-electron chi connectivity index (χ3n) is 4.78. The van der Waals surface area contributed by atoms with Crippen molar-refractivity contribution in [2.45, 2.75) is 38.1 Å². The number of methoxy groups -OCH3 is 1. The molecule has 0 radical (unpaired) electrons. The molecule has 1 aromatic heterocycles. The van der Waals surface area contributed by atoms with Crippen molar-refractivity contribution in [3.8, 4) is 5.75 Å². The average Bonchev–Trinajstić information content (AvgIpc) is 3.23. The number of nitrogens with zero attached hydrogens (tertiary/aromatic N) is 4. The Labute approximate surface area is 180 Å². The first-order valence-corrected chi connectivity index (χ1v) is 10.2. The van der Waals surface area contributed by atoms with E-state index in [4.69, 9.17) is 21.4 Å². The van der Waals surface area contributed by atoms with Crippen molar-refractivity contribution in [3.05, 3.63) is 70.5 Å². The van der Waals surface area contributed by atoms with Crippen LogP contribution in [0.3, 0.4) is 0 Å². The monoisotopic (exact) mass is 428 g/mol. The molecule has 0 amide bonds. The van der Waals surface area contributed by atoms with E-state index in [-0.39, 0.29) is 18.3 Å². The van der Waals surface area contributed by atoms with E-state index < -0.39 is 0 Å². The Balaban J connectivity index is 1.74. The van der Waals surface area contributed by atoms with Crippen LogP contribution in [0.1, 0.15) is 35.7 Å². The average molecular weight is 429 g/mol. The number of rotatable bonds is 11. The minimum Gasteiger partial charge on any atom is -0.497 e. The fourth-order valence-corrected chi connectivity index (χ4v) is 3.33. The quantitative estimate of drug-likeness (QED) is 0.504. The molecular weight excluding hydrogens is 404 g/mol. The van der Waals surface area contributed by atoms with E-state index in [1.54, 1.807) is 19.2 Å². The fourth-order valence-electron chi connectivity index (χ4n) is 3.20. The number of ketones is 1. The number of tetrazole rings is 1. The minimum atomic E-state index is -0.193. The maximum absolute atomic E-state index is 12.8. The molecule has 0 spiro atoms. The zero-order chi connectivity index (χ0) is 21.3. The molecule has 0 unspecified atom stereocenters. The maximum atomic E-state index is 12.8. The second-order valence-corrected chi connectivity index (χ2v) is 7.55. The summed E-state index contributed by atoms with van der Waals surface area (Å²) >= 11 is 5.93. The SMILES string of the molecule is COc1ccc(C[C@H](CC(=O)Cc2ccc(Cl)cc2)c2nnn(CCCO)n2)cc1. The van der Waals surface area contributed by atoms with Gasteiger partial charge >= 0.3 is 0 Å². The predicted molar refractivity (Wildman–Crippen MR) is 114 cm³/mol. The Morgan fingerprint density at radius 1 is 1.13 bits per heavy atom. The number of ether oxygens (including phenoxy) is 1. The third kappa shape index (κ3) is 6.37. The summed E-state index contributed by atoms with van der Waals surface area (Å²) in [5, 5.41) is 22.3. The van der Waals surface area contributed by atoms with Crippen molar-refractivity contribution in [1.82, 2.24) is 20.2 Å². The number of hydrogen-bond acceptors (Lipinski definition) is 6. The van der Waals surface area contributed by atoms with Gasteiger partial charge in [0.15, 0.2) is 5.82 Å². The molecule has 0 bridgehead atoms. The number of hydrogen-bond donors (Lipinski definition) is 1. The summed E-state index contributed by atoms with van der Waals surface area (Å²) in [5.41, 5.74) is 1.99. The van der Waals surface area contributed by atoms with Crippen LogP contribution < -0.4 is 4.74 Å².